The molecule has 1 aromatic carbocycles. The Labute approximate surface area is 143 Å². The van der Waals surface area contributed by atoms with Crippen LogP contribution in [0.3, 0.4) is 0 Å². The minimum Gasteiger partial charge on any atom is -0.453 e. The molecule has 4 rings (SSSR count). The van der Waals surface area contributed by atoms with Crippen molar-refractivity contribution in [3.05, 3.63) is 58.7 Å². The van der Waals surface area contributed by atoms with Crippen LogP contribution in [0.5, 0.6) is 11.5 Å². The van der Waals surface area contributed by atoms with E-state index in [1.54, 1.807) is 23.6 Å². The molecule has 116 valence electrons. The number of para-hydroxylation sites is 1. The molecule has 0 saturated heterocycles. The number of rotatable bonds is 5. The van der Waals surface area contributed by atoms with Crippen LogP contribution >= 0.6 is 22.9 Å². The lowest BCUT2D eigenvalue weighted by Crippen LogP contribution is -1.97. The van der Waals surface area contributed by atoms with Crippen molar-refractivity contribution in [1.29, 1.82) is 0 Å². The molecule has 0 radical (unpaired) electrons. The maximum absolute atomic E-state index is 6.06. The molecule has 1 aliphatic rings. The Bertz CT molecular complexity index is 818. The van der Waals surface area contributed by atoms with Gasteiger partial charge in [0.1, 0.15) is 5.75 Å². The molecule has 0 bridgehead atoms. The Morgan fingerprint density at radius 3 is 2.83 bits per heavy atom. The lowest BCUT2D eigenvalue weighted by molar-refractivity contribution is 0.483. The number of nitrogens with one attached hydrogen (secondary N) is 1. The maximum atomic E-state index is 6.06. The quantitative estimate of drug-likeness (QED) is 0.654. The number of hydrogen-bond acceptors (Lipinski definition) is 5. The molecule has 3 aromatic rings. The van der Waals surface area contributed by atoms with Crippen molar-refractivity contribution in [2.24, 2.45) is 0 Å². The van der Waals surface area contributed by atoms with Gasteiger partial charge in [-0.15, -0.1) is 11.3 Å². The number of benzene rings is 1. The van der Waals surface area contributed by atoms with Crippen molar-refractivity contribution < 1.29 is 4.74 Å². The fraction of sp³-hybridized carbons (Fsp3) is 0.176. The lowest BCUT2D eigenvalue weighted by Gasteiger charge is -2.11. The van der Waals surface area contributed by atoms with Gasteiger partial charge in [0.05, 0.1) is 10.7 Å². The van der Waals surface area contributed by atoms with Gasteiger partial charge < -0.3 is 10.1 Å². The second-order valence-corrected chi connectivity index (χ2v) is 6.69. The average molecular weight is 344 g/mol. The first-order chi connectivity index (χ1) is 11.3. The Hall–Kier alpha value is -2.11. The summed E-state index contributed by atoms with van der Waals surface area (Å²) in [5.74, 6) is 2.55. The summed E-state index contributed by atoms with van der Waals surface area (Å²) in [6.45, 7) is 0. The molecule has 1 N–H and O–H groups in total. The molecule has 0 amide bonds. The molecule has 0 atom stereocenters. The molecule has 0 unspecified atom stereocenters. The molecule has 2 heterocycles. The summed E-state index contributed by atoms with van der Waals surface area (Å²) < 4.78 is 5.90. The molecule has 6 heteroatoms. The number of anilines is 2. The molecular formula is C17H14ClN3OS. The zero-order chi connectivity index (χ0) is 15.6. The van der Waals surface area contributed by atoms with Gasteiger partial charge in [-0.25, -0.2) is 9.97 Å². The van der Waals surface area contributed by atoms with E-state index in [0.717, 1.165) is 16.6 Å². The Balaban J connectivity index is 1.59. The highest BCUT2D eigenvalue weighted by atomic mass is 35.5. The number of nitrogens with zero attached hydrogens (tertiary/aromatic N) is 2. The molecule has 2 aromatic heterocycles. The van der Waals surface area contributed by atoms with Crippen LogP contribution in [-0.4, -0.2) is 9.97 Å². The number of ether oxygens (including phenoxy) is 1. The van der Waals surface area contributed by atoms with E-state index in [0.29, 0.717) is 22.5 Å². The second kappa shape index (κ2) is 6.18. The van der Waals surface area contributed by atoms with E-state index < -0.39 is 0 Å². The van der Waals surface area contributed by atoms with Crippen molar-refractivity contribution in [3.63, 3.8) is 0 Å². The highest BCUT2D eigenvalue weighted by Crippen LogP contribution is 2.41. The molecule has 0 aliphatic heterocycles. The first kappa shape index (κ1) is 14.5. The van der Waals surface area contributed by atoms with Crippen LogP contribution in [0.1, 0.15) is 24.5 Å². The predicted octanol–water partition coefficient (Wildman–Crippen LogP) is 5.60. The van der Waals surface area contributed by atoms with Gasteiger partial charge in [0.15, 0.2) is 16.7 Å². The normalized spacial score (nSPS) is 13.8. The largest absolute Gasteiger partial charge is 0.453 e. The van der Waals surface area contributed by atoms with Gasteiger partial charge in [-0.2, -0.15) is 0 Å². The summed E-state index contributed by atoms with van der Waals surface area (Å²) in [6, 6.07) is 11.3. The summed E-state index contributed by atoms with van der Waals surface area (Å²) >= 11 is 7.64. The molecule has 1 saturated carbocycles. The van der Waals surface area contributed by atoms with E-state index in [2.05, 4.69) is 20.7 Å². The van der Waals surface area contributed by atoms with E-state index in [1.165, 1.54) is 12.8 Å². The Morgan fingerprint density at radius 1 is 1.22 bits per heavy atom. The van der Waals surface area contributed by atoms with E-state index in [9.17, 15) is 0 Å². The minimum atomic E-state index is 0.527. The van der Waals surface area contributed by atoms with E-state index in [-0.39, 0.29) is 0 Å². The topological polar surface area (TPSA) is 47.0 Å². The third-order valence-electron chi connectivity index (χ3n) is 3.53. The molecule has 23 heavy (non-hydrogen) atoms. The van der Waals surface area contributed by atoms with Crippen LogP contribution in [0, 0.1) is 0 Å². The highest BCUT2D eigenvalue weighted by Gasteiger charge is 2.26. The van der Waals surface area contributed by atoms with E-state index >= 15 is 0 Å². The molecule has 1 fully saturated rings. The third kappa shape index (κ3) is 3.46. The van der Waals surface area contributed by atoms with E-state index in [1.807, 2.05) is 30.3 Å². The lowest BCUT2D eigenvalue weighted by atomic mass is 10.3. The molecule has 1 aliphatic carbocycles. The van der Waals surface area contributed by atoms with Crippen molar-refractivity contribution in [3.8, 4) is 11.5 Å². The first-order valence-electron chi connectivity index (χ1n) is 7.39. The monoisotopic (exact) mass is 343 g/mol. The van der Waals surface area contributed by atoms with Gasteiger partial charge in [-0.1, -0.05) is 29.8 Å². The van der Waals surface area contributed by atoms with Gasteiger partial charge in [-0.3, -0.25) is 0 Å². The van der Waals surface area contributed by atoms with E-state index in [4.69, 9.17) is 16.3 Å². The Kier molecular flexibility index (Phi) is 3.89. The maximum Gasteiger partial charge on any atom is 0.188 e. The SMILES string of the molecule is Clc1cnc(Nc2nc(C3CC3)cs2)c(Oc2ccccc2)c1. The molecular weight excluding hydrogens is 330 g/mol. The van der Waals surface area contributed by atoms with Crippen molar-refractivity contribution in [1.82, 2.24) is 9.97 Å². The van der Waals surface area contributed by atoms with Crippen LogP contribution in [0.25, 0.3) is 0 Å². The predicted molar refractivity (Wildman–Crippen MR) is 93.1 cm³/mol. The number of pyridine rings is 1. The number of thiazole rings is 1. The first-order valence-corrected chi connectivity index (χ1v) is 8.64. The zero-order valence-electron chi connectivity index (χ0n) is 12.2. The fourth-order valence-electron chi connectivity index (χ4n) is 2.22. The summed E-state index contributed by atoms with van der Waals surface area (Å²) in [6.07, 6.45) is 4.08. The van der Waals surface area contributed by atoms with Crippen molar-refractivity contribution >= 4 is 33.9 Å². The van der Waals surface area contributed by atoms with Gasteiger partial charge in [-0.05, 0) is 25.0 Å². The number of halogens is 1. The van der Waals surface area contributed by atoms with Gasteiger partial charge >= 0.3 is 0 Å². The van der Waals surface area contributed by atoms with Crippen LogP contribution < -0.4 is 10.1 Å². The molecule has 4 nitrogen and oxygen atoms in total. The standard InChI is InChI=1S/C17H14ClN3OS/c18-12-8-15(22-13-4-2-1-3-5-13)16(19-9-12)21-17-20-14(10-23-17)11-6-7-11/h1-5,8-11H,6-7H2,(H,19,20,21). The minimum absolute atomic E-state index is 0.527. The van der Waals surface area contributed by atoms with Gasteiger partial charge in [0.2, 0.25) is 0 Å². The summed E-state index contributed by atoms with van der Waals surface area (Å²) in [5, 5.41) is 6.69. The highest BCUT2D eigenvalue weighted by molar-refractivity contribution is 7.13. The van der Waals surface area contributed by atoms with Gasteiger partial charge in [0, 0.05) is 23.6 Å². The van der Waals surface area contributed by atoms with Crippen LogP contribution in [-0.2, 0) is 0 Å². The summed E-state index contributed by atoms with van der Waals surface area (Å²) in [7, 11) is 0. The van der Waals surface area contributed by atoms with Crippen LogP contribution in [0.4, 0.5) is 10.9 Å². The van der Waals surface area contributed by atoms with Crippen LogP contribution in [0.2, 0.25) is 5.02 Å². The Morgan fingerprint density at radius 2 is 2.04 bits per heavy atom. The molecule has 0 spiro atoms. The summed E-state index contributed by atoms with van der Waals surface area (Å²) in [5.41, 5.74) is 1.16. The zero-order valence-corrected chi connectivity index (χ0v) is 13.8. The number of aromatic nitrogens is 2. The smallest absolute Gasteiger partial charge is 0.188 e. The third-order valence-corrected chi connectivity index (χ3v) is 4.52. The van der Waals surface area contributed by atoms with Crippen LogP contribution in [0.15, 0.2) is 48.0 Å². The number of hydrogen-bond donors (Lipinski definition) is 1. The van der Waals surface area contributed by atoms with Gasteiger partial charge in [0.25, 0.3) is 0 Å². The second-order valence-electron chi connectivity index (χ2n) is 5.39. The van der Waals surface area contributed by atoms with Crippen molar-refractivity contribution in [2.75, 3.05) is 5.32 Å². The fourth-order valence-corrected chi connectivity index (χ4v) is 3.16. The van der Waals surface area contributed by atoms with Crippen molar-refractivity contribution in [2.45, 2.75) is 18.8 Å². The average Bonchev–Trinajstić information content (AvgIpc) is 3.31. The summed E-state index contributed by atoms with van der Waals surface area (Å²) in [4.78, 5) is 8.96.